The Hall–Kier alpha value is -3.00. The van der Waals surface area contributed by atoms with Gasteiger partial charge in [-0.25, -0.2) is 4.79 Å². The second-order valence-electron chi connectivity index (χ2n) is 9.76. The molecule has 0 aliphatic heterocycles. The summed E-state index contributed by atoms with van der Waals surface area (Å²) in [5.41, 5.74) is 3.97. The number of carbonyl (C=O) groups is 3. The van der Waals surface area contributed by atoms with Crippen molar-refractivity contribution >= 4 is 29.7 Å². The van der Waals surface area contributed by atoms with Crippen LogP contribution in [0.25, 0.3) is 11.1 Å². The highest BCUT2D eigenvalue weighted by atomic mass is 32.2. The van der Waals surface area contributed by atoms with Crippen molar-refractivity contribution in [2.45, 2.75) is 38.3 Å². The number of hydrogen-bond acceptors (Lipinski definition) is 6. The number of nitrogens with zero attached hydrogens (tertiary/aromatic N) is 2. The molecular formula is C27H34N2O5S. The quantitative estimate of drug-likeness (QED) is 0.502. The Balaban J connectivity index is 1.65. The Morgan fingerprint density at radius 3 is 2.00 bits per heavy atom. The molecule has 7 nitrogen and oxygen atoms in total. The molecule has 3 rings (SSSR count). The topological polar surface area (TPSA) is 76.2 Å². The number of thioether (sulfide) groups is 1. The molecule has 0 spiro atoms. The second kappa shape index (κ2) is 11.2. The van der Waals surface area contributed by atoms with Crippen LogP contribution < -0.4 is 0 Å². The lowest BCUT2D eigenvalue weighted by Crippen LogP contribution is -2.49. The highest BCUT2D eigenvalue weighted by Gasteiger charge is 2.32. The van der Waals surface area contributed by atoms with Crippen molar-refractivity contribution < 1.29 is 23.9 Å². The van der Waals surface area contributed by atoms with Gasteiger partial charge in [0.2, 0.25) is 5.91 Å². The van der Waals surface area contributed by atoms with Crippen molar-refractivity contribution in [3.8, 4) is 11.1 Å². The van der Waals surface area contributed by atoms with Crippen molar-refractivity contribution in [1.29, 1.82) is 0 Å². The number of hydrogen-bond donors (Lipinski definition) is 0. The van der Waals surface area contributed by atoms with Crippen LogP contribution in [0.5, 0.6) is 0 Å². The van der Waals surface area contributed by atoms with E-state index in [1.165, 1.54) is 21.6 Å². The summed E-state index contributed by atoms with van der Waals surface area (Å²) < 4.78 is 11.0. The maximum atomic E-state index is 13.0. The van der Waals surface area contributed by atoms with E-state index in [9.17, 15) is 14.4 Å². The molecule has 0 radical (unpaired) electrons. The number of likely N-dealkylation sites (N-methyl/N-ethyl adjacent to an activating group) is 2. The van der Waals surface area contributed by atoms with Crippen molar-refractivity contribution in [1.82, 2.24) is 9.80 Å². The molecule has 0 aromatic heterocycles. The fourth-order valence-corrected chi connectivity index (χ4v) is 5.03. The van der Waals surface area contributed by atoms with Crippen LogP contribution in [0.1, 0.15) is 37.8 Å². The first-order chi connectivity index (χ1) is 16.5. The van der Waals surface area contributed by atoms with Crippen molar-refractivity contribution in [2.24, 2.45) is 0 Å². The van der Waals surface area contributed by atoms with Gasteiger partial charge in [0.25, 0.3) is 0 Å². The van der Waals surface area contributed by atoms with E-state index in [0.717, 1.165) is 22.3 Å². The molecule has 1 aliphatic rings. The van der Waals surface area contributed by atoms with Gasteiger partial charge < -0.3 is 14.4 Å². The number of fused-ring (bicyclic) bond motifs is 3. The third-order valence-electron chi connectivity index (χ3n) is 5.73. The van der Waals surface area contributed by atoms with E-state index < -0.39 is 17.7 Å². The van der Waals surface area contributed by atoms with Crippen LogP contribution >= 0.6 is 11.8 Å². The summed E-state index contributed by atoms with van der Waals surface area (Å²) in [7, 11) is 4.83. The number of rotatable bonds is 8. The molecule has 2 aromatic carbocycles. The van der Waals surface area contributed by atoms with Gasteiger partial charge in [0.1, 0.15) is 18.2 Å². The van der Waals surface area contributed by atoms with Gasteiger partial charge in [-0.05, 0) is 43.0 Å². The molecule has 2 amide bonds. The zero-order valence-corrected chi connectivity index (χ0v) is 22.1. The molecule has 35 heavy (non-hydrogen) atoms. The summed E-state index contributed by atoms with van der Waals surface area (Å²) in [4.78, 5) is 40.6. The van der Waals surface area contributed by atoms with Crippen LogP contribution in [0.4, 0.5) is 4.79 Å². The molecule has 188 valence electrons. The molecule has 0 saturated heterocycles. The predicted octanol–water partition coefficient (Wildman–Crippen LogP) is 4.40. The van der Waals surface area contributed by atoms with Gasteiger partial charge >= 0.3 is 12.1 Å². The zero-order chi connectivity index (χ0) is 25.8. The minimum Gasteiger partial charge on any atom is -0.459 e. The summed E-state index contributed by atoms with van der Waals surface area (Å²) in [5.74, 6) is -0.325. The van der Waals surface area contributed by atoms with Crippen LogP contribution in [0.2, 0.25) is 0 Å². The normalized spacial score (nSPS) is 13.4. The smallest absolute Gasteiger partial charge is 0.410 e. The summed E-state index contributed by atoms with van der Waals surface area (Å²) in [5, 5.41) is 0. The molecule has 0 fully saturated rings. The van der Waals surface area contributed by atoms with Crippen molar-refractivity contribution in [2.75, 3.05) is 39.3 Å². The highest BCUT2D eigenvalue weighted by molar-refractivity contribution is 8.00. The van der Waals surface area contributed by atoms with Crippen LogP contribution in [0.3, 0.4) is 0 Å². The standard InChI is InChI=1S/C27H34N2O5S/c1-27(2,3)34-24(30)17-35-16-23(25(31)28(4)5)29(6)26(32)33-15-22-20-13-9-7-11-18(20)19-12-8-10-14-21(19)22/h7-14,22-23H,15-17H2,1-6H3. The molecule has 0 heterocycles. The third-order valence-corrected chi connectivity index (χ3v) is 6.72. The molecular weight excluding hydrogens is 464 g/mol. The van der Waals surface area contributed by atoms with Crippen LogP contribution in [0, 0.1) is 0 Å². The van der Waals surface area contributed by atoms with Gasteiger partial charge in [-0.15, -0.1) is 11.8 Å². The SMILES string of the molecule is CN(C)C(=O)C(CSCC(=O)OC(C)(C)C)N(C)C(=O)OCC1c2ccccc2-c2ccccc21. The molecule has 0 saturated carbocycles. The van der Waals surface area contributed by atoms with Gasteiger partial charge in [-0.3, -0.25) is 14.5 Å². The molecule has 1 aliphatic carbocycles. The van der Waals surface area contributed by atoms with Crippen LogP contribution in [-0.4, -0.2) is 78.7 Å². The fraction of sp³-hybridized carbons (Fsp3) is 0.444. The molecule has 2 aromatic rings. The number of benzene rings is 2. The van der Waals surface area contributed by atoms with E-state index in [1.54, 1.807) is 41.9 Å². The summed E-state index contributed by atoms with van der Waals surface area (Å²) in [6.07, 6.45) is -0.579. The Bertz CT molecular complexity index is 1030. The minimum absolute atomic E-state index is 0.0655. The summed E-state index contributed by atoms with van der Waals surface area (Å²) in [6, 6.07) is 15.5. The van der Waals surface area contributed by atoms with Crippen molar-refractivity contribution in [3.63, 3.8) is 0 Å². The summed E-state index contributed by atoms with van der Waals surface area (Å²) >= 11 is 1.25. The van der Waals surface area contributed by atoms with E-state index >= 15 is 0 Å². The Kier molecular flexibility index (Phi) is 8.48. The number of esters is 1. The first-order valence-electron chi connectivity index (χ1n) is 11.6. The molecule has 1 atom stereocenters. The number of amides is 2. The average molecular weight is 499 g/mol. The molecule has 0 N–H and O–H groups in total. The first kappa shape index (κ1) is 26.6. The van der Waals surface area contributed by atoms with Gasteiger partial charge in [-0.1, -0.05) is 48.5 Å². The largest absolute Gasteiger partial charge is 0.459 e. The van der Waals surface area contributed by atoms with Crippen molar-refractivity contribution in [3.05, 3.63) is 59.7 Å². The maximum Gasteiger partial charge on any atom is 0.410 e. The molecule has 0 bridgehead atoms. The monoisotopic (exact) mass is 498 g/mol. The molecule has 1 unspecified atom stereocenters. The van der Waals surface area contributed by atoms with E-state index in [0.29, 0.717) is 0 Å². The molecule has 8 heteroatoms. The Morgan fingerprint density at radius 2 is 1.49 bits per heavy atom. The number of carbonyl (C=O) groups excluding carboxylic acids is 3. The lowest BCUT2D eigenvalue weighted by atomic mass is 9.98. The van der Waals surface area contributed by atoms with E-state index in [4.69, 9.17) is 9.47 Å². The van der Waals surface area contributed by atoms with Crippen LogP contribution in [0.15, 0.2) is 48.5 Å². The lowest BCUT2D eigenvalue weighted by Gasteiger charge is -2.29. The fourth-order valence-electron chi connectivity index (χ4n) is 4.09. The lowest BCUT2D eigenvalue weighted by molar-refractivity contribution is -0.151. The summed E-state index contributed by atoms with van der Waals surface area (Å²) in [6.45, 7) is 5.59. The maximum absolute atomic E-state index is 13.0. The van der Waals surface area contributed by atoms with Gasteiger partial charge in [0.15, 0.2) is 0 Å². The van der Waals surface area contributed by atoms with E-state index in [-0.39, 0.29) is 35.9 Å². The Morgan fingerprint density at radius 1 is 0.943 bits per heavy atom. The Labute approximate surface area is 211 Å². The second-order valence-corrected chi connectivity index (χ2v) is 10.8. The predicted molar refractivity (Wildman–Crippen MR) is 138 cm³/mol. The van der Waals surface area contributed by atoms with E-state index in [1.807, 2.05) is 24.3 Å². The third kappa shape index (κ3) is 6.57. The first-order valence-corrected chi connectivity index (χ1v) is 12.7. The van der Waals surface area contributed by atoms with Gasteiger partial charge in [0, 0.05) is 32.8 Å². The minimum atomic E-state index is -0.770. The average Bonchev–Trinajstić information content (AvgIpc) is 3.12. The zero-order valence-electron chi connectivity index (χ0n) is 21.2. The van der Waals surface area contributed by atoms with Gasteiger partial charge in [-0.2, -0.15) is 0 Å². The highest BCUT2D eigenvalue weighted by Crippen LogP contribution is 2.44. The van der Waals surface area contributed by atoms with Crippen LogP contribution in [-0.2, 0) is 19.1 Å². The number of ether oxygens (including phenoxy) is 2. The van der Waals surface area contributed by atoms with E-state index in [2.05, 4.69) is 24.3 Å². The van der Waals surface area contributed by atoms with Gasteiger partial charge in [0.05, 0.1) is 5.75 Å².